The van der Waals surface area contributed by atoms with Gasteiger partial charge in [0.15, 0.2) is 9.84 Å². The lowest BCUT2D eigenvalue weighted by Gasteiger charge is -2.02. The van der Waals surface area contributed by atoms with Gasteiger partial charge in [0.2, 0.25) is 0 Å². The summed E-state index contributed by atoms with van der Waals surface area (Å²) < 4.78 is 22.3. The Bertz CT molecular complexity index is 412. The van der Waals surface area contributed by atoms with Crippen molar-refractivity contribution in [3.05, 3.63) is 28.8 Å². The van der Waals surface area contributed by atoms with Crippen molar-refractivity contribution in [2.24, 2.45) is 0 Å². The van der Waals surface area contributed by atoms with Gasteiger partial charge < -0.3 is 0 Å². The first-order valence-electron chi connectivity index (χ1n) is 3.49. The third-order valence-electron chi connectivity index (χ3n) is 1.59. The Balaban J connectivity index is 3.30. The molecule has 0 aromatic heterocycles. The quantitative estimate of drug-likeness (QED) is 0.743. The van der Waals surface area contributed by atoms with E-state index in [4.69, 9.17) is 23.2 Å². The molecule has 1 rings (SSSR count). The van der Waals surface area contributed by atoms with Gasteiger partial charge in [-0.2, -0.15) is 0 Å². The van der Waals surface area contributed by atoms with Gasteiger partial charge in [0.25, 0.3) is 0 Å². The lowest BCUT2D eigenvalue weighted by atomic mass is 10.2. The van der Waals surface area contributed by atoms with E-state index in [2.05, 4.69) is 0 Å². The third-order valence-corrected chi connectivity index (χ3v) is 3.36. The minimum absolute atomic E-state index is 0.211. The summed E-state index contributed by atoms with van der Waals surface area (Å²) in [5, 5.41) is 0.488. The number of halogens is 2. The van der Waals surface area contributed by atoms with Crippen molar-refractivity contribution < 1.29 is 8.42 Å². The molecule has 0 spiro atoms. The highest BCUT2D eigenvalue weighted by Crippen LogP contribution is 2.21. The Morgan fingerprint density at radius 3 is 2.46 bits per heavy atom. The molecule has 72 valence electrons. The summed E-state index contributed by atoms with van der Waals surface area (Å²) in [4.78, 5) is 0.243. The molecule has 0 unspecified atom stereocenters. The van der Waals surface area contributed by atoms with Crippen LogP contribution in [-0.4, -0.2) is 14.7 Å². The van der Waals surface area contributed by atoms with Crippen LogP contribution in [0.1, 0.15) is 5.56 Å². The minimum Gasteiger partial charge on any atom is -0.224 e. The molecule has 0 aliphatic carbocycles. The molecular weight excluding hydrogens is 231 g/mol. The van der Waals surface area contributed by atoms with E-state index in [1.54, 1.807) is 0 Å². The van der Waals surface area contributed by atoms with Crippen LogP contribution < -0.4 is 0 Å². The van der Waals surface area contributed by atoms with Gasteiger partial charge in [0.05, 0.1) is 4.90 Å². The first-order valence-corrected chi connectivity index (χ1v) is 6.30. The van der Waals surface area contributed by atoms with Gasteiger partial charge in [0.1, 0.15) is 0 Å². The van der Waals surface area contributed by atoms with Crippen LogP contribution in [0.2, 0.25) is 5.02 Å². The minimum atomic E-state index is -3.17. The summed E-state index contributed by atoms with van der Waals surface area (Å²) in [6.07, 6.45) is 1.15. The molecule has 0 fully saturated rings. The van der Waals surface area contributed by atoms with E-state index in [1.165, 1.54) is 18.2 Å². The largest absolute Gasteiger partial charge is 0.224 e. The highest BCUT2D eigenvalue weighted by molar-refractivity contribution is 7.90. The summed E-state index contributed by atoms with van der Waals surface area (Å²) in [7, 11) is -3.17. The maximum Gasteiger partial charge on any atom is 0.175 e. The second kappa shape index (κ2) is 3.86. The Morgan fingerprint density at radius 2 is 2.00 bits per heavy atom. The Hall–Kier alpha value is -0.250. The van der Waals surface area contributed by atoms with Gasteiger partial charge in [0, 0.05) is 17.2 Å². The summed E-state index contributed by atoms with van der Waals surface area (Å²) in [5.41, 5.74) is 0.631. The summed E-state index contributed by atoms with van der Waals surface area (Å²) in [6.45, 7) is 0. The maximum absolute atomic E-state index is 11.1. The smallest absolute Gasteiger partial charge is 0.175 e. The fourth-order valence-corrected chi connectivity index (χ4v) is 2.03. The maximum atomic E-state index is 11.1. The molecule has 0 aliphatic heterocycles. The number of benzene rings is 1. The molecule has 0 saturated carbocycles. The number of rotatable bonds is 2. The van der Waals surface area contributed by atoms with Gasteiger partial charge in [-0.15, -0.1) is 11.6 Å². The van der Waals surface area contributed by atoms with E-state index in [-0.39, 0.29) is 10.8 Å². The molecule has 2 nitrogen and oxygen atoms in total. The summed E-state index contributed by atoms with van der Waals surface area (Å²) in [6, 6.07) is 4.49. The molecule has 1 aromatic rings. The van der Waals surface area contributed by atoms with Gasteiger partial charge in [-0.3, -0.25) is 0 Å². The highest BCUT2D eigenvalue weighted by atomic mass is 35.5. The second-order valence-electron chi connectivity index (χ2n) is 2.66. The van der Waals surface area contributed by atoms with Crippen molar-refractivity contribution in [1.29, 1.82) is 0 Å². The molecule has 0 atom stereocenters. The zero-order valence-corrected chi connectivity index (χ0v) is 9.25. The van der Waals surface area contributed by atoms with Gasteiger partial charge >= 0.3 is 0 Å². The Labute approximate surface area is 87.4 Å². The average molecular weight is 239 g/mol. The molecule has 0 heterocycles. The van der Waals surface area contributed by atoms with Crippen LogP contribution in [0.15, 0.2) is 23.1 Å². The predicted molar refractivity (Wildman–Crippen MR) is 54.1 cm³/mol. The standard InChI is InChI=1S/C8H8Cl2O2S/c1-13(11,12)7-2-3-8(10)6(4-7)5-9/h2-4H,5H2,1H3. The van der Waals surface area contributed by atoms with Gasteiger partial charge in [-0.25, -0.2) is 8.42 Å². The van der Waals surface area contributed by atoms with E-state index in [1.807, 2.05) is 0 Å². The number of sulfone groups is 1. The molecule has 1 aromatic carbocycles. The number of hydrogen-bond acceptors (Lipinski definition) is 2. The van der Waals surface area contributed by atoms with E-state index in [0.717, 1.165) is 6.26 Å². The Kier molecular flexibility index (Phi) is 3.22. The molecule has 0 N–H and O–H groups in total. The average Bonchev–Trinajstić information content (AvgIpc) is 2.03. The zero-order valence-electron chi connectivity index (χ0n) is 6.92. The molecule has 0 amide bonds. The molecule has 13 heavy (non-hydrogen) atoms. The van der Waals surface area contributed by atoms with E-state index in [0.29, 0.717) is 10.6 Å². The SMILES string of the molecule is CS(=O)(=O)c1ccc(Cl)c(CCl)c1. The van der Waals surface area contributed by atoms with Crippen LogP contribution in [-0.2, 0) is 15.7 Å². The molecular formula is C8H8Cl2O2S. The topological polar surface area (TPSA) is 34.1 Å². The van der Waals surface area contributed by atoms with Crippen molar-refractivity contribution in [3.8, 4) is 0 Å². The van der Waals surface area contributed by atoms with Crippen LogP contribution >= 0.6 is 23.2 Å². The zero-order chi connectivity index (χ0) is 10.1. The normalized spacial score (nSPS) is 11.6. The van der Waals surface area contributed by atoms with Gasteiger partial charge in [-0.1, -0.05) is 11.6 Å². The molecule has 5 heteroatoms. The first kappa shape index (κ1) is 10.8. The fraction of sp³-hybridized carbons (Fsp3) is 0.250. The van der Waals surface area contributed by atoms with Gasteiger partial charge in [-0.05, 0) is 23.8 Å². The van der Waals surface area contributed by atoms with Crippen LogP contribution in [0.5, 0.6) is 0 Å². The van der Waals surface area contributed by atoms with Crippen LogP contribution in [0.4, 0.5) is 0 Å². The van der Waals surface area contributed by atoms with E-state index >= 15 is 0 Å². The summed E-state index contributed by atoms with van der Waals surface area (Å²) in [5.74, 6) is 0.211. The Morgan fingerprint density at radius 1 is 1.38 bits per heavy atom. The predicted octanol–water partition coefficient (Wildman–Crippen LogP) is 2.48. The first-order chi connectivity index (χ1) is 5.95. The molecule has 0 bridgehead atoms. The van der Waals surface area contributed by atoms with Crippen molar-refractivity contribution in [1.82, 2.24) is 0 Å². The molecule has 0 radical (unpaired) electrons. The van der Waals surface area contributed by atoms with E-state index in [9.17, 15) is 8.42 Å². The monoisotopic (exact) mass is 238 g/mol. The third kappa shape index (κ3) is 2.59. The van der Waals surface area contributed by atoms with Crippen molar-refractivity contribution >= 4 is 33.0 Å². The van der Waals surface area contributed by atoms with Crippen LogP contribution in [0, 0.1) is 0 Å². The highest BCUT2D eigenvalue weighted by Gasteiger charge is 2.09. The fourth-order valence-electron chi connectivity index (χ4n) is 0.884. The van der Waals surface area contributed by atoms with Crippen molar-refractivity contribution in [3.63, 3.8) is 0 Å². The number of alkyl halides is 1. The lowest BCUT2D eigenvalue weighted by molar-refractivity contribution is 0.602. The molecule has 0 aliphatic rings. The lowest BCUT2D eigenvalue weighted by Crippen LogP contribution is -1.97. The van der Waals surface area contributed by atoms with E-state index < -0.39 is 9.84 Å². The number of hydrogen-bond donors (Lipinski definition) is 0. The summed E-state index contributed by atoms with van der Waals surface area (Å²) >= 11 is 11.3. The van der Waals surface area contributed by atoms with Crippen molar-refractivity contribution in [2.45, 2.75) is 10.8 Å². The van der Waals surface area contributed by atoms with Crippen LogP contribution in [0.3, 0.4) is 0 Å². The molecule has 0 saturated heterocycles. The van der Waals surface area contributed by atoms with Crippen LogP contribution in [0.25, 0.3) is 0 Å². The second-order valence-corrected chi connectivity index (χ2v) is 5.35. The van der Waals surface area contributed by atoms with Crippen molar-refractivity contribution in [2.75, 3.05) is 6.26 Å².